The topological polar surface area (TPSA) is 87.2 Å². The van der Waals surface area contributed by atoms with E-state index in [9.17, 15) is 8.42 Å². The first-order valence-electron chi connectivity index (χ1n) is 6.42. The highest BCUT2D eigenvalue weighted by Crippen LogP contribution is 2.18. The second kappa shape index (κ2) is 5.83. The van der Waals surface area contributed by atoms with Gasteiger partial charge in [-0.15, -0.1) is 0 Å². The molecule has 1 aromatic rings. The Kier molecular flexibility index (Phi) is 4.81. The first-order chi connectivity index (χ1) is 9.04. The Morgan fingerprint density at radius 3 is 2.45 bits per heavy atom. The van der Waals surface area contributed by atoms with E-state index >= 15 is 0 Å². The van der Waals surface area contributed by atoms with Crippen molar-refractivity contribution in [1.82, 2.24) is 0 Å². The summed E-state index contributed by atoms with van der Waals surface area (Å²) >= 11 is 0. The van der Waals surface area contributed by atoms with E-state index in [1.807, 2.05) is 18.0 Å². The zero-order chi connectivity index (χ0) is 15.6. The fraction of sp³-hybridized carbons (Fsp3) is 0.500. The van der Waals surface area contributed by atoms with Crippen molar-refractivity contribution < 1.29 is 8.42 Å². The van der Waals surface area contributed by atoms with E-state index < -0.39 is 14.6 Å². The molecule has 0 heterocycles. The van der Waals surface area contributed by atoms with E-state index in [2.05, 4.69) is 0 Å². The van der Waals surface area contributed by atoms with Crippen LogP contribution in [0.4, 0.5) is 5.69 Å². The molecule has 0 aliphatic heterocycles. The molecule has 0 unspecified atom stereocenters. The highest BCUT2D eigenvalue weighted by molar-refractivity contribution is 7.92. The number of nitrogen functional groups attached to an aromatic ring is 1. The Hall–Kier alpha value is -1.56. The monoisotopic (exact) mass is 297 g/mol. The van der Waals surface area contributed by atoms with Gasteiger partial charge < -0.3 is 10.6 Å². The van der Waals surface area contributed by atoms with Gasteiger partial charge in [-0.25, -0.2) is 8.42 Å². The number of benzene rings is 1. The molecule has 0 saturated heterocycles. The summed E-state index contributed by atoms with van der Waals surface area (Å²) in [7, 11) is -1.31. The molecule has 0 aromatic heterocycles. The largest absolute Gasteiger partial charge is 0.384 e. The third-order valence-corrected chi connectivity index (χ3v) is 5.81. The van der Waals surface area contributed by atoms with E-state index in [1.165, 1.54) is 0 Å². The van der Waals surface area contributed by atoms with Gasteiger partial charge in [0.05, 0.1) is 10.5 Å². The molecule has 0 amide bonds. The molecular weight excluding hydrogens is 274 g/mol. The fourth-order valence-electron chi connectivity index (χ4n) is 1.60. The maximum absolute atomic E-state index is 12.1. The van der Waals surface area contributed by atoms with Gasteiger partial charge in [-0.3, -0.25) is 5.41 Å². The summed E-state index contributed by atoms with van der Waals surface area (Å²) in [5.74, 6) is 0.0969. The van der Waals surface area contributed by atoms with E-state index in [0.29, 0.717) is 12.1 Å². The molecule has 1 aromatic carbocycles. The van der Waals surface area contributed by atoms with Crippen molar-refractivity contribution in [3.63, 3.8) is 0 Å². The van der Waals surface area contributed by atoms with Gasteiger partial charge in [0.1, 0.15) is 5.84 Å². The quantitative estimate of drug-likeness (QED) is 0.638. The molecule has 0 spiro atoms. The van der Waals surface area contributed by atoms with Crippen LogP contribution in [0.2, 0.25) is 0 Å². The fourth-order valence-corrected chi connectivity index (χ4v) is 2.73. The van der Waals surface area contributed by atoms with Crippen molar-refractivity contribution in [3.05, 3.63) is 29.8 Å². The summed E-state index contributed by atoms with van der Waals surface area (Å²) in [5.41, 5.74) is 6.93. The molecule has 5 nitrogen and oxygen atoms in total. The van der Waals surface area contributed by atoms with Gasteiger partial charge >= 0.3 is 0 Å². The Morgan fingerprint density at radius 1 is 1.35 bits per heavy atom. The van der Waals surface area contributed by atoms with Crippen LogP contribution in [0.5, 0.6) is 0 Å². The van der Waals surface area contributed by atoms with Crippen molar-refractivity contribution in [2.24, 2.45) is 5.73 Å². The van der Waals surface area contributed by atoms with Gasteiger partial charge in [-0.05, 0) is 32.9 Å². The summed E-state index contributed by atoms with van der Waals surface area (Å²) in [4.78, 5) is 1.86. The number of sulfone groups is 1. The van der Waals surface area contributed by atoms with Crippen molar-refractivity contribution in [2.45, 2.75) is 25.5 Å². The van der Waals surface area contributed by atoms with Gasteiger partial charge in [-0.2, -0.15) is 0 Å². The molecule has 0 bridgehead atoms. The number of amidine groups is 1. The lowest BCUT2D eigenvalue weighted by Gasteiger charge is -2.24. The maximum Gasteiger partial charge on any atom is 0.156 e. The van der Waals surface area contributed by atoms with Crippen molar-refractivity contribution in [3.8, 4) is 0 Å². The molecule has 0 atom stereocenters. The van der Waals surface area contributed by atoms with Crippen LogP contribution in [0.3, 0.4) is 0 Å². The molecule has 0 radical (unpaired) electrons. The van der Waals surface area contributed by atoms with Gasteiger partial charge in [0, 0.05) is 24.8 Å². The van der Waals surface area contributed by atoms with Crippen molar-refractivity contribution in [2.75, 3.05) is 24.2 Å². The smallest absolute Gasteiger partial charge is 0.156 e. The lowest BCUT2D eigenvalue weighted by molar-refractivity contribution is 0.559. The minimum atomic E-state index is -3.14. The first kappa shape index (κ1) is 16.5. The normalized spacial score (nSPS) is 12.2. The molecule has 20 heavy (non-hydrogen) atoms. The second-order valence-electron chi connectivity index (χ2n) is 5.82. The van der Waals surface area contributed by atoms with E-state index in [-0.39, 0.29) is 11.6 Å². The lowest BCUT2D eigenvalue weighted by atomic mass is 10.2. The number of nitrogens with zero attached hydrogens (tertiary/aromatic N) is 1. The average molecular weight is 297 g/mol. The summed E-state index contributed by atoms with van der Waals surface area (Å²) in [6.07, 6.45) is 0. The highest BCUT2D eigenvalue weighted by atomic mass is 32.2. The van der Waals surface area contributed by atoms with Crippen LogP contribution in [-0.2, 0) is 9.84 Å². The molecule has 3 N–H and O–H groups in total. The summed E-state index contributed by atoms with van der Waals surface area (Å²) in [6.45, 7) is 5.52. The van der Waals surface area contributed by atoms with E-state index in [1.54, 1.807) is 39.0 Å². The molecule has 0 aliphatic rings. The van der Waals surface area contributed by atoms with Gasteiger partial charge in [-0.1, -0.05) is 12.1 Å². The van der Waals surface area contributed by atoms with Gasteiger partial charge in [0.15, 0.2) is 9.84 Å². The van der Waals surface area contributed by atoms with Crippen LogP contribution in [-0.4, -0.2) is 38.3 Å². The zero-order valence-electron chi connectivity index (χ0n) is 12.5. The molecule has 6 heteroatoms. The maximum atomic E-state index is 12.1. The molecule has 0 aliphatic carbocycles. The molecule has 0 saturated carbocycles. The minimum absolute atomic E-state index is 0.00237. The lowest BCUT2D eigenvalue weighted by Crippen LogP contribution is -2.35. The van der Waals surface area contributed by atoms with Crippen molar-refractivity contribution in [1.29, 1.82) is 5.41 Å². The number of hydrogen-bond acceptors (Lipinski definition) is 4. The number of anilines is 1. The molecular formula is C14H23N3O2S. The predicted molar refractivity (Wildman–Crippen MR) is 84.3 cm³/mol. The van der Waals surface area contributed by atoms with Gasteiger partial charge in [0.25, 0.3) is 0 Å². The number of hydrogen-bond donors (Lipinski definition) is 2. The summed E-state index contributed by atoms with van der Waals surface area (Å²) < 4.78 is 23.4. The molecule has 0 fully saturated rings. The average Bonchev–Trinajstić information content (AvgIpc) is 2.34. The Morgan fingerprint density at radius 2 is 1.95 bits per heavy atom. The molecule has 112 valence electrons. The number of nitrogens with two attached hydrogens (primary N) is 1. The predicted octanol–water partition coefficient (Wildman–Crippen LogP) is 1.62. The summed E-state index contributed by atoms with van der Waals surface area (Å²) in [6, 6.07) is 7.22. The van der Waals surface area contributed by atoms with Crippen LogP contribution >= 0.6 is 0 Å². The third-order valence-electron chi connectivity index (χ3n) is 3.23. The second-order valence-corrected chi connectivity index (χ2v) is 8.68. The number of nitrogens with one attached hydrogen (secondary N) is 1. The molecule has 1 rings (SSSR count). The SMILES string of the molecule is CN(CCS(=O)(=O)C(C)(C)C)c1cccc(C(=N)N)c1. The van der Waals surface area contributed by atoms with Crippen LogP contribution in [0.1, 0.15) is 26.3 Å². The Labute approximate surface area is 121 Å². The van der Waals surface area contributed by atoms with E-state index in [0.717, 1.165) is 5.69 Å². The highest BCUT2D eigenvalue weighted by Gasteiger charge is 2.28. The Bertz CT molecular complexity index is 589. The van der Waals surface area contributed by atoms with E-state index in [4.69, 9.17) is 11.1 Å². The number of rotatable bonds is 5. The Balaban J connectivity index is 2.80. The van der Waals surface area contributed by atoms with Gasteiger partial charge in [0.2, 0.25) is 0 Å². The van der Waals surface area contributed by atoms with Crippen LogP contribution in [0.15, 0.2) is 24.3 Å². The third kappa shape index (κ3) is 3.96. The minimum Gasteiger partial charge on any atom is -0.384 e. The zero-order valence-corrected chi connectivity index (χ0v) is 13.3. The van der Waals surface area contributed by atoms with Crippen LogP contribution in [0, 0.1) is 5.41 Å². The van der Waals surface area contributed by atoms with Crippen molar-refractivity contribution >= 4 is 21.4 Å². The first-order valence-corrected chi connectivity index (χ1v) is 8.08. The summed E-state index contributed by atoms with van der Waals surface area (Å²) in [5, 5.41) is 7.42. The van der Waals surface area contributed by atoms with Crippen LogP contribution in [0.25, 0.3) is 0 Å². The standard InChI is InChI=1S/C14H23N3O2S/c1-14(2,3)20(18,19)9-8-17(4)12-7-5-6-11(10-12)13(15)16/h5-7,10H,8-9H2,1-4H3,(H3,15,16). The van der Waals surface area contributed by atoms with Crippen LogP contribution < -0.4 is 10.6 Å².